The van der Waals surface area contributed by atoms with E-state index in [4.69, 9.17) is 4.74 Å². The van der Waals surface area contributed by atoms with Crippen LogP contribution in [0.5, 0.6) is 5.75 Å². The Kier molecular flexibility index (Phi) is 4.30. The molecule has 2 unspecified atom stereocenters. The molecule has 2 atom stereocenters. The first kappa shape index (κ1) is 13.8. The Hall–Kier alpha value is -0.580. The zero-order valence-corrected chi connectivity index (χ0v) is 12.5. The van der Waals surface area contributed by atoms with Crippen LogP contribution in [-0.2, 0) is 6.42 Å². The molecule has 0 aromatic heterocycles. The van der Waals surface area contributed by atoms with Gasteiger partial charge in [0.2, 0.25) is 0 Å². The number of rotatable bonds is 3. The van der Waals surface area contributed by atoms with Crippen LogP contribution < -0.4 is 10.1 Å². The smallest absolute Gasteiger partial charge is 0.119 e. The van der Waals surface area contributed by atoms with Gasteiger partial charge in [-0.05, 0) is 42.6 Å². The van der Waals surface area contributed by atoms with Crippen LogP contribution in [0.1, 0.15) is 18.9 Å². The van der Waals surface area contributed by atoms with Gasteiger partial charge in [0.1, 0.15) is 5.75 Å². The van der Waals surface area contributed by atoms with Gasteiger partial charge in [-0.2, -0.15) is 0 Å². The fourth-order valence-corrected chi connectivity index (χ4v) is 2.85. The highest BCUT2D eigenvalue weighted by Crippen LogP contribution is 2.32. The molecule has 1 aliphatic heterocycles. The van der Waals surface area contributed by atoms with E-state index >= 15 is 0 Å². The van der Waals surface area contributed by atoms with Gasteiger partial charge in [-0.3, -0.25) is 0 Å². The molecule has 0 amide bonds. The molecule has 0 spiro atoms. The van der Waals surface area contributed by atoms with E-state index in [1.165, 1.54) is 0 Å². The van der Waals surface area contributed by atoms with Crippen LogP contribution in [0, 0.1) is 5.92 Å². The van der Waals surface area contributed by atoms with Crippen LogP contribution in [0.15, 0.2) is 22.7 Å². The van der Waals surface area contributed by atoms with Crippen molar-refractivity contribution in [1.82, 2.24) is 5.32 Å². The molecule has 4 heteroatoms. The molecule has 1 saturated heterocycles. The number of halogens is 1. The molecule has 18 heavy (non-hydrogen) atoms. The standard InChI is InChI=1S/C14H20BrNO2/c1-10-9-16-6-5-14(10,17)8-11-7-12(18-2)3-4-13(11)15/h3-4,7,10,16-17H,5-6,8-9H2,1-2H3. The lowest BCUT2D eigenvalue weighted by atomic mass is 9.78. The van der Waals surface area contributed by atoms with Crippen LogP contribution in [0.4, 0.5) is 0 Å². The Morgan fingerprint density at radius 3 is 3.00 bits per heavy atom. The Bertz CT molecular complexity index is 424. The summed E-state index contributed by atoms with van der Waals surface area (Å²) in [4.78, 5) is 0. The molecule has 0 saturated carbocycles. The molecule has 0 radical (unpaired) electrons. The van der Waals surface area contributed by atoms with Gasteiger partial charge in [0.15, 0.2) is 0 Å². The molecule has 1 fully saturated rings. The van der Waals surface area contributed by atoms with Crippen molar-refractivity contribution in [2.24, 2.45) is 5.92 Å². The number of piperidine rings is 1. The number of nitrogens with one attached hydrogen (secondary N) is 1. The zero-order valence-electron chi connectivity index (χ0n) is 10.9. The normalized spacial score (nSPS) is 28.1. The average molecular weight is 314 g/mol. The van der Waals surface area contributed by atoms with Gasteiger partial charge in [0.05, 0.1) is 12.7 Å². The Balaban J connectivity index is 2.21. The average Bonchev–Trinajstić information content (AvgIpc) is 2.36. The third-order valence-corrected chi connectivity index (χ3v) is 4.63. The van der Waals surface area contributed by atoms with Crippen LogP contribution >= 0.6 is 15.9 Å². The van der Waals surface area contributed by atoms with E-state index in [2.05, 4.69) is 28.2 Å². The minimum Gasteiger partial charge on any atom is -0.497 e. The van der Waals surface area contributed by atoms with E-state index in [-0.39, 0.29) is 5.92 Å². The minimum atomic E-state index is -0.625. The molecular formula is C14H20BrNO2. The Labute approximate surface area is 117 Å². The number of aliphatic hydroxyl groups is 1. The molecule has 1 heterocycles. The third kappa shape index (κ3) is 2.87. The third-order valence-electron chi connectivity index (χ3n) is 3.85. The van der Waals surface area contributed by atoms with Crippen LogP contribution in [-0.4, -0.2) is 30.9 Å². The first-order valence-corrected chi connectivity index (χ1v) is 7.10. The fraction of sp³-hybridized carbons (Fsp3) is 0.571. The first-order chi connectivity index (χ1) is 8.55. The maximum Gasteiger partial charge on any atom is 0.119 e. The summed E-state index contributed by atoms with van der Waals surface area (Å²) in [5.74, 6) is 1.09. The number of benzene rings is 1. The topological polar surface area (TPSA) is 41.5 Å². The summed E-state index contributed by atoms with van der Waals surface area (Å²) in [5.41, 5.74) is 0.478. The van der Waals surface area contributed by atoms with Crippen molar-refractivity contribution in [3.8, 4) is 5.75 Å². The summed E-state index contributed by atoms with van der Waals surface area (Å²) in [7, 11) is 1.66. The second-order valence-corrected chi connectivity index (χ2v) is 5.95. The minimum absolute atomic E-state index is 0.254. The van der Waals surface area contributed by atoms with Gasteiger partial charge in [-0.1, -0.05) is 22.9 Å². The summed E-state index contributed by atoms with van der Waals surface area (Å²) in [6.07, 6.45) is 1.45. The molecular weight excluding hydrogens is 294 g/mol. The van der Waals surface area contributed by atoms with Crippen molar-refractivity contribution >= 4 is 15.9 Å². The molecule has 1 aromatic rings. The van der Waals surface area contributed by atoms with Gasteiger partial charge in [0, 0.05) is 17.4 Å². The number of ether oxygens (including phenoxy) is 1. The number of methoxy groups -OCH3 is 1. The molecule has 1 aliphatic rings. The second kappa shape index (κ2) is 5.59. The highest BCUT2D eigenvalue weighted by molar-refractivity contribution is 9.10. The molecule has 3 nitrogen and oxygen atoms in total. The van der Waals surface area contributed by atoms with Crippen molar-refractivity contribution in [3.05, 3.63) is 28.2 Å². The first-order valence-electron chi connectivity index (χ1n) is 6.31. The van der Waals surface area contributed by atoms with Gasteiger partial charge < -0.3 is 15.2 Å². The predicted molar refractivity (Wildman–Crippen MR) is 76.0 cm³/mol. The lowest BCUT2D eigenvalue weighted by molar-refractivity contribution is -0.0331. The molecule has 100 valence electrons. The van der Waals surface area contributed by atoms with Crippen molar-refractivity contribution < 1.29 is 9.84 Å². The van der Waals surface area contributed by atoms with E-state index in [1.54, 1.807) is 7.11 Å². The second-order valence-electron chi connectivity index (χ2n) is 5.09. The van der Waals surface area contributed by atoms with E-state index < -0.39 is 5.60 Å². The molecule has 0 aliphatic carbocycles. The quantitative estimate of drug-likeness (QED) is 0.900. The van der Waals surface area contributed by atoms with Gasteiger partial charge in [-0.15, -0.1) is 0 Å². The predicted octanol–water partition coefficient (Wildman–Crippen LogP) is 2.36. The lowest BCUT2D eigenvalue weighted by Gasteiger charge is -2.39. The molecule has 0 bridgehead atoms. The molecule has 2 N–H and O–H groups in total. The molecule has 2 rings (SSSR count). The van der Waals surface area contributed by atoms with Crippen LogP contribution in [0.3, 0.4) is 0 Å². The molecule has 1 aromatic carbocycles. The van der Waals surface area contributed by atoms with Crippen molar-refractivity contribution in [3.63, 3.8) is 0 Å². The van der Waals surface area contributed by atoms with Crippen molar-refractivity contribution in [2.45, 2.75) is 25.4 Å². The van der Waals surface area contributed by atoms with Gasteiger partial charge in [-0.25, -0.2) is 0 Å². The SMILES string of the molecule is COc1ccc(Br)c(CC2(O)CCNCC2C)c1. The fourth-order valence-electron chi connectivity index (χ4n) is 2.47. The van der Waals surface area contributed by atoms with Gasteiger partial charge in [0.25, 0.3) is 0 Å². The highest BCUT2D eigenvalue weighted by Gasteiger charge is 2.36. The van der Waals surface area contributed by atoms with Crippen molar-refractivity contribution in [1.29, 1.82) is 0 Å². The van der Waals surface area contributed by atoms with Crippen LogP contribution in [0.2, 0.25) is 0 Å². The van der Waals surface area contributed by atoms with E-state index in [0.717, 1.165) is 35.3 Å². The largest absolute Gasteiger partial charge is 0.497 e. The monoisotopic (exact) mass is 313 g/mol. The summed E-state index contributed by atoms with van der Waals surface area (Å²) >= 11 is 3.55. The van der Waals surface area contributed by atoms with E-state index in [9.17, 15) is 5.11 Å². The number of hydrogen-bond donors (Lipinski definition) is 2. The maximum absolute atomic E-state index is 10.8. The summed E-state index contributed by atoms with van der Waals surface area (Å²) in [6, 6.07) is 5.89. The summed E-state index contributed by atoms with van der Waals surface area (Å²) in [5, 5.41) is 14.1. The number of hydrogen-bond acceptors (Lipinski definition) is 3. The Morgan fingerprint density at radius 2 is 2.33 bits per heavy atom. The van der Waals surface area contributed by atoms with Gasteiger partial charge >= 0.3 is 0 Å². The van der Waals surface area contributed by atoms with E-state index in [1.807, 2.05) is 18.2 Å². The maximum atomic E-state index is 10.8. The van der Waals surface area contributed by atoms with Crippen LogP contribution in [0.25, 0.3) is 0 Å². The zero-order chi connectivity index (χ0) is 13.2. The van der Waals surface area contributed by atoms with E-state index in [0.29, 0.717) is 6.42 Å². The summed E-state index contributed by atoms with van der Waals surface area (Å²) < 4.78 is 6.27. The lowest BCUT2D eigenvalue weighted by Crippen LogP contribution is -2.50. The summed E-state index contributed by atoms with van der Waals surface area (Å²) in [6.45, 7) is 3.85. The highest BCUT2D eigenvalue weighted by atomic mass is 79.9. The Morgan fingerprint density at radius 1 is 1.56 bits per heavy atom. The van der Waals surface area contributed by atoms with Crippen molar-refractivity contribution in [2.75, 3.05) is 20.2 Å².